The van der Waals surface area contributed by atoms with Crippen molar-refractivity contribution >= 4 is 34.6 Å². The van der Waals surface area contributed by atoms with Gasteiger partial charge in [0.2, 0.25) is 0 Å². The van der Waals surface area contributed by atoms with E-state index < -0.39 is 11.7 Å². The summed E-state index contributed by atoms with van der Waals surface area (Å²) in [5.74, 6) is 0.595. The van der Waals surface area contributed by atoms with Gasteiger partial charge in [0.1, 0.15) is 12.0 Å². The first-order chi connectivity index (χ1) is 11.0. The second kappa shape index (κ2) is 6.35. The molecular weight excluding hydrogens is 343 g/mol. The average molecular weight is 360 g/mol. The average Bonchev–Trinajstić information content (AvgIpc) is 2.42. The number of benzene rings is 1. The quantitative estimate of drug-likeness (QED) is 0.741. The summed E-state index contributed by atoms with van der Waals surface area (Å²) in [6.07, 6.45) is -3.28. The number of alkyl halides is 3. The molecule has 0 saturated carbocycles. The SMILES string of the molecule is CC(C)(C)Nc1ncnc(Nc2ccc(Cl)c(C(F)(F)F)c2)c1N. The minimum Gasteiger partial charge on any atom is -0.393 e. The second-order valence-corrected chi connectivity index (χ2v) is 6.58. The summed E-state index contributed by atoms with van der Waals surface area (Å²) in [5.41, 5.74) is 5.14. The molecule has 0 fully saturated rings. The summed E-state index contributed by atoms with van der Waals surface area (Å²) >= 11 is 5.60. The maximum absolute atomic E-state index is 12.9. The van der Waals surface area contributed by atoms with E-state index in [1.54, 1.807) is 0 Å². The van der Waals surface area contributed by atoms with Crippen LogP contribution in [-0.2, 0) is 6.18 Å². The van der Waals surface area contributed by atoms with Gasteiger partial charge in [0.25, 0.3) is 0 Å². The summed E-state index contributed by atoms with van der Waals surface area (Å²) in [7, 11) is 0. The number of nitrogens with two attached hydrogens (primary N) is 1. The first-order valence-corrected chi connectivity index (χ1v) is 7.37. The van der Waals surface area contributed by atoms with E-state index in [4.69, 9.17) is 17.3 Å². The maximum Gasteiger partial charge on any atom is 0.417 e. The molecule has 0 radical (unpaired) electrons. The smallest absolute Gasteiger partial charge is 0.393 e. The van der Waals surface area contributed by atoms with Gasteiger partial charge in [-0.1, -0.05) is 11.6 Å². The van der Waals surface area contributed by atoms with Crippen molar-refractivity contribution in [2.75, 3.05) is 16.4 Å². The molecular formula is C15H17ClF3N5. The van der Waals surface area contributed by atoms with Crippen LogP contribution in [0.4, 0.5) is 36.2 Å². The van der Waals surface area contributed by atoms with Crippen molar-refractivity contribution in [2.24, 2.45) is 0 Å². The molecule has 5 nitrogen and oxygen atoms in total. The number of hydrogen-bond acceptors (Lipinski definition) is 5. The predicted molar refractivity (Wildman–Crippen MR) is 89.6 cm³/mol. The van der Waals surface area contributed by atoms with E-state index in [1.165, 1.54) is 18.5 Å². The fraction of sp³-hybridized carbons (Fsp3) is 0.333. The molecule has 1 aromatic heterocycles. The van der Waals surface area contributed by atoms with Crippen molar-refractivity contribution in [2.45, 2.75) is 32.5 Å². The van der Waals surface area contributed by atoms with Crippen LogP contribution in [0.25, 0.3) is 0 Å². The van der Waals surface area contributed by atoms with Crippen LogP contribution < -0.4 is 16.4 Å². The Balaban J connectivity index is 2.34. The van der Waals surface area contributed by atoms with E-state index in [9.17, 15) is 13.2 Å². The third-order valence-corrected chi connectivity index (χ3v) is 3.24. The van der Waals surface area contributed by atoms with Crippen LogP contribution in [0, 0.1) is 0 Å². The van der Waals surface area contributed by atoms with Crippen molar-refractivity contribution in [1.29, 1.82) is 0 Å². The Labute approximate surface area is 142 Å². The van der Waals surface area contributed by atoms with E-state index in [2.05, 4.69) is 20.6 Å². The highest BCUT2D eigenvalue weighted by atomic mass is 35.5. The van der Waals surface area contributed by atoms with Crippen molar-refractivity contribution in [3.63, 3.8) is 0 Å². The molecule has 0 aliphatic carbocycles. The zero-order chi connectivity index (χ0) is 18.1. The fourth-order valence-electron chi connectivity index (χ4n) is 1.91. The zero-order valence-corrected chi connectivity index (χ0v) is 14.0. The van der Waals surface area contributed by atoms with Crippen molar-refractivity contribution in [1.82, 2.24) is 9.97 Å². The number of anilines is 4. The lowest BCUT2D eigenvalue weighted by molar-refractivity contribution is -0.137. The van der Waals surface area contributed by atoms with E-state index in [1.807, 2.05) is 20.8 Å². The van der Waals surface area contributed by atoms with Gasteiger partial charge in [0, 0.05) is 11.2 Å². The summed E-state index contributed by atoms with van der Waals surface area (Å²) in [6.45, 7) is 5.78. The Morgan fingerprint density at radius 1 is 1.08 bits per heavy atom. The van der Waals surface area contributed by atoms with E-state index >= 15 is 0 Å². The lowest BCUT2D eigenvalue weighted by atomic mass is 10.1. The molecule has 0 aliphatic heterocycles. The van der Waals surface area contributed by atoms with Crippen LogP contribution in [0.3, 0.4) is 0 Å². The number of aromatic nitrogens is 2. The van der Waals surface area contributed by atoms with Crippen molar-refractivity contribution in [3.8, 4) is 0 Å². The minimum absolute atomic E-state index is 0.166. The molecule has 130 valence electrons. The van der Waals surface area contributed by atoms with Gasteiger partial charge >= 0.3 is 6.18 Å². The first kappa shape index (κ1) is 18.1. The molecule has 0 spiro atoms. The van der Waals surface area contributed by atoms with Crippen molar-refractivity contribution in [3.05, 3.63) is 35.1 Å². The predicted octanol–water partition coefficient (Wildman–Crippen LogP) is 4.69. The van der Waals surface area contributed by atoms with Crippen LogP contribution >= 0.6 is 11.6 Å². The van der Waals surface area contributed by atoms with Gasteiger partial charge in [-0.05, 0) is 39.0 Å². The molecule has 2 rings (SSSR count). The molecule has 24 heavy (non-hydrogen) atoms. The number of hydrogen-bond donors (Lipinski definition) is 3. The highest BCUT2D eigenvalue weighted by molar-refractivity contribution is 6.31. The lowest BCUT2D eigenvalue weighted by Crippen LogP contribution is -2.27. The van der Waals surface area contributed by atoms with Crippen LogP contribution in [-0.4, -0.2) is 15.5 Å². The molecule has 0 saturated heterocycles. The highest BCUT2D eigenvalue weighted by Gasteiger charge is 2.33. The van der Waals surface area contributed by atoms with E-state index in [0.717, 1.165) is 6.07 Å². The van der Waals surface area contributed by atoms with Crippen LogP contribution in [0.5, 0.6) is 0 Å². The van der Waals surface area contributed by atoms with Crippen LogP contribution in [0.2, 0.25) is 5.02 Å². The van der Waals surface area contributed by atoms with Gasteiger partial charge in [-0.15, -0.1) is 0 Å². The second-order valence-electron chi connectivity index (χ2n) is 6.18. The molecule has 2 aromatic rings. The van der Waals surface area contributed by atoms with Crippen molar-refractivity contribution < 1.29 is 13.2 Å². The van der Waals surface area contributed by atoms with Gasteiger partial charge in [-0.25, -0.2) is 9.97 Å². The Bertz CT molecular complexity index is 741. The highest BCUT2D eigenvalue weighted by Crippen LogP contribution is 2.37. The van der Waals surface area contributed by atoms with E-state index in [0.29, 0.717) is 5.82 Å². The molecule has 4 N–H and O–H groups in total. The topological polar surface area (TPSA) is 75.9 Å². The molecule has 0 atom stereocenters. The zero-order valence-electron chi connectivity index (χ0n) is 13.3. The normalized spacial score (nSPS) is 12.1. The number of rotatable bonds is 3. The Hall–Kier alpha value is -2.22. The van der Waals surface area contributed by atoms with Crippen LogP contribution in [0.1, 0.15) is 26.3 Å². The van der Waals surface area contributed by atoms with Gasteiger partial charge in [-0.2, -0.15) is 13.2 Å². The summed E-state index contributed by atoms with van der Waals surface area (Å²) in [5, 5.41) is 5.49. The number of halogens is 4. The molecule has 0 amide bonds. The van der Waals surface area contributed by atoms with Crippen LogP contribution in [0.15, 0.2) is 24.5 Å². The maximum atomic E-state index is 12.9. The minimum atomic E-state index is -4.55. The Kier molecular flexibility index (Phi) is 4.80. The summed E-state index contributed by atoms with van der Waals surface area (Å²) < 4.78 is 38.8. The van der Waals surface area contributed by atoms with Gasteiger partial charge in [0.15, 0.2) is 11.6 Å². The summed E-state index contributed by atoms with van der Waals surface area (Å²) in [6, 6.07) is 3.48. The summed E-state index contributed by atoms with van der Waals surface area (Å²) in [4.78, 5) is 8.03. The molecule has 1 aromatic carbocycles. The van der Waals surface area contributed by atoms with Gasteiger partial charge in [0.05, 0.1) is 10.6 Å². The monoisotopic (exact) mass is 359 g/mol. The largest absolute Gasteiger partial charge is 0.417 e. The number of nitrogens with zero attached hydrogens (tertiary/aromatic N) is 2. The van der Waals surface area contributed by atoms with Gasteiger partial charge < -0.3 is 16.4 Å². The van der Waals surface area contributed by atoms with Gasteiger partial charge in [-0.3, -0.25) is 0 Å². The molecule has 0 unspecified atom stereocenters. The standard InChI is InChI=1S/C15H17ClF3N5/c1-14(2,3)24-13-11(20)12(21-7-22-13)23-8-4-5-10(16)9(6-8)15(17,18)19/h4-7H,20H2,1-3H3,(H2,21,22,23,24). The molecule has 1 heterocycles. The molecule has 0 bridgehead atoms. The first-order valence-electron chi connectivity index (χ1n) is 7.00. The number of nitrogen functional groups attached to an aromatic ring is 1. The lowest BCUT2D eigenvalue weighted by Gasteiger charge is -2.23. The Morgan fingerprint density at radius 2 is 1.71 bits per heavy atom. The fourth-order valence-corrected chi connectivity index (χ4v) is 2.13. The third-order valence-electron chi connectivity index (χ3n) is 2.91. The van der Waals surface area contributed by atoms with E-state index in [-0.39, 0.29) is 27.8 Å². The molecule has 9 heteroatoms. The Morgan fingerprint density at radius 3 is 2.29 bits per heavy atom. The molecule has 0 aliphatic rings. The third kappa shape index (κ3) is 4.41. The number of nitrogens with one attached hydrogen (secondary N) is 2.